The van der Waals surface area contributed by atoms with E-state index in [2.05, 4.69) is 20.8 Å². The van der Waals surface area contributed by atoms with Crippen LogP contribution in [0.3, 0.4) is 0 Å². The van der Waals surface area contributed by atoms with Crippen molar-refractivity contribution in [2.45, 2.75) is 49.3 Å². The van der Waals surface area contributed by atoms with Crippen LogP contribution in [0.2, 0.25) is 0 Å². The highest BCUT2D eigenvalue weighted by molar-refractivity contribution is 7.89. The lowest BCUT2D eigenvalue weighted by molar-refractivity contribution is -0.142. The monoisotopic (exact) mass is 470 g/mol. The summed E-state index contributed by atoms with van der Waals surface area (Å²) in [6, 6.07) is 17.1. The number of carbonyl (C=O) groups excluding carboxylic acids is 1. The van der Waals surface area contributed by atoms with E-state index in [0.717, 1.165) is 11.1 Å². The van der Waals surface area contributed by atoms with Gasteiger partial charge in [-0.15, -0.1) is 0 Å². The highest BCUT2D eigenvalue weighted by atomic mass is 32.2. The first kappa shape index (κ1) is 23.9. The van der Waals surface area contributed by atoms with Crippen LogP contribution in [0.25, 0.3) is 0 Å². The summed E-state index contributed by atoms with van der Waals surface area (Å²) in [5.41, 5.74) is 1.49. The number of hydrogen-bond acceptors (Lipinski definition) is 4. The minimum Gasteiger partial charge on any atom is -0.381 e. The Kier molecular flexibility index (Phi) is 6.67. The molecule has 0 saturated carbocycles. The van der Waals surface area contributed by atoms with Crippen LogP contribution >= 0.6 is 0 Å². The number of sulfonamides is 1. The van der Waals surface area contributed by atoms with E-state index >= 15 is 0 Å². The molecule has 2 aromatic rings. The minimum absolute atomic E-state index is 0.0346. The maximum Gasteiger partial charge on any atom is 0.243 e. The summed E-state index contributed by atoms with van der Waals surface area (Å²) < 4.78 is 33.5. The van der Waals surface area contributed by atoms with Gasteiger partial charge in [0.1, 0.15) is 0 Å². The Bertz CT molecular complexity index is 1060. The fourth-order valence-electron chi connectivity index (χ4n) is 4.81. The van der Waals surface area contributed by atoms with Crippen molar-refractivity contribution in [2.24, 2.45) is 0 Å². The molecule has 0 unspecified atom stereocenters. The van der Waals surface area contributed by atoms with Crippen molar-refractivity contribution in [3.05, 3.63) is 65.7 Å². The molecule has 6 nitrogen and oxygen atoms in total. The molecular formula is C26H34N2O4S. The van der Waals surface area contributed by atoms with Gasteiger partial charge in [0.15, 0.2) is 0 Å². The van der Waals surface area contributed by atoms with Crippen LogP contribution in [-0.2, 0) is 30.4 Å². The van der Waals surface area contributed by atoms with E-state index in [-0.39, 0.29) is 11.3 Å². The highest BCUT2D eigenvalue weighted by Crippen LogP contribution is 2.37. The molecule has 2 heterocycles. The van der Waals surface area contributed by atoms with E-state index in [1.54, 1.807) is 12.1 Å². The molecule has 1 amide bonds. The molecule has 2 aliphatic rings. The number of rotatable bonds is 4. The zero-order chi connectivity index (χ0) is 23.7. The van der Waals surface area contributed by atoms with Crippen LogP contribution in [0.4, 0.5) is 0 Å². The van der Waals surface area contributed by atoms with Gasteiger partial charge in [-0.2, -0.15) is 4.31 Å². The Labute approximate surface area is 197 Å². The van der Waals surface area contributed by atoms with Gasteiger partial charge in [-0.25, -0.2) is 8.42 Å². The smallest absolute Gasteiger partial charge is 0.243 e. The summed E-state index contributed by atoms with van der Waals surface area (Å²) in [4.78, 5) is 15.9. The van der Waals surface area contributed by atoms with E-state index in [1.165, 1.54) is 4.31 Å². The van der Waals surface area contributed by atoms with Crippen LogP contribution in [-0.4, -0.2) is 62.9 Å². The minimum atomic E-state index is -3.59. The SMILES string of the molecule is CC(C)(C)c1ccc(S(=O)(=O)N2CCN(C(=O)C3(c4ccccc4)CCOCC3)CC2)cc1. The fourth-order valence-corrected chi connectivity index (χ4v) is 6.24. The predicted octanol–water partition coefficient (Wildman–Crippen LogP) is 3.57. The van der Waals surface area contributed by atoms with Gasteiger partial charge >= 0.3 is 0 Å². The molecule has 0 N–H and O–H groups in total. The molecule has 2 aromatic carbocycles. The number of benzene rings is 2. The van der Waals surface area contributed by atoms with Gasteiger partial charge in [-0.3, -0.25) is 4.79 Å². The van der Waals surface area contributed by atoms with Gasteiger partial charge in [0, 0.05) is 39.4 Å². The zero-order valence-electron chi connectivity index (χ0n) is 19.8. The lowest BCUT2D eigenvalue weighted by Gasteiger charge is -2.42. The molecule has 0 aromatic heterocycles. The topological polar surface area (TPSA) is 66.9 Å². The van der Waals surface area contributed by atoms with Crippen molar-refractivity contribution in [1.29, 1.82) is 0 Å². The van der Waals surface area contributed by atoms with Crippen LogP contribution in [0.15, 0.2) is 59.5 Å². The predicted molar refractivity (Wildman–Crippen MR) is 129 cm³/mol. The van der Waals surface area contributed by atoms with Gasteiger partial charge in [-0.05, 0) is 41.5 Å². The van der Waals surface area contributed by atoms with E-state index in [1.807, 2.05) is 47.4 Å². The summed E-state index contributed by atoms with van der Waals surface area (Å²) in [6.45, 7) is 8.82. The number of hydrogen-bond donors (Lipinski definition) is 0. The summed E-state index contributed by atoms with van der Waals surface area (Å²) >= 11 is 0. The largest absolute Gasteiger partial charge is 0.381 e. The summed E-state index contributed by atoms with van der Waals surface area (Å²) in [5, 5.41) is 0. The normalized spacial score (nSPS) is 19.9. The maximum atomic E-state index is 13.7. The van der Waals surface area contributed by atoms with Crippen LogP contribution in [0.1, 0.15) is 44.7 Å². The average Bonchev–Trinajstić information content (AvgIpc) is 2.84. The van der Waals surface area contributed by atoms with E-state index < -0.39 is 15.4 Å². The van der Waals surface area contributed by atoms with Crippen molar-refractivity contribution < 1.29 is 17.9 Å². The highest BCUT2D eigenvalue weighted by Gasteiger charge is 2.45. The molecule has 0 spiro atoms. The first-order valence-electron chi connectivity index (χ1n) is 11.7. The second-order valence-electron chi connectivity index (χ2n) is 10.0. The Balaban J connectivity index is 1.48. The second kappa shape index (κ2) is 9.20. The summed E-state index contributed by atoms with van der Waals surface area (Å²) in [6.07, 6.45) is 1.29. The molecular weight excluding hydrogens is 436 g/mol. The molecule has 2 fully saturated rings. The summed E-state index contributed by atoms with van der Waals surface area (Å²) in [5.74, 6) is 0.0866. The lowest BCUT2D eigenvalue weighted by atomic mass is 9.73. The number of nitrogens with zero attached hydrogens (tertiary/aromatic N) is 2. The van der Waals surface area contributed by atoms with Crippen molar-refractivity contribution in [3.63, 3.8) is 0 Å². The Morgan fingerprint density at radius 2 is 1.45 bits per heavy atom. The third-order valence-corrected chi connectivity index (χ3v) is 8.88. The molecule has 0 bridgehead atoms. The molecule has 0 aliphatic carbocycles. The van der Waals surface area contributed by atoms with Crippen molar-refractivity contribution >= 4 is 15.9 Å². The van der Waals surface area contributed by atoms with Crippen molar-refractivity contribution in [1.82, 2.24) is 9.21 Å². The number of carbonyl (C=O) groups is 1. The quantitative estimate of drug-likeness (QED) is 0.685. The van der Waals surface area contributed by atoms with Gasteiger partial charge in [-0.1, -0.05) is 63.2 Å². The van der Waals surface area contributed by atoms with Crippen LogP contribution in [0, 0.1) is 0 Å². The zero-order valence-corrected chi connectivity index (χ0v) is 20.6. The van der Waals surface area contributed by atoms with Crippen molar-refractivity contribution in [2.75, 3.05) is 39.4 Å². The molecule has 4 rings (SSSR count). The second-order valence-corrected chi connectivity index (χ2v) is 12.0. The first-order chi connectivity index (χ1) is 15.6. The molecule has 0 radical (unpaired) electrons. The molecule has 7 heteroatoms. The van der Waals surface area contributed by atoms with Gasteiger partial charge in [0.25, 0.3) is 0 Å². The molecule has 2 saturated heterocycles. The maximum absolute atomic E-state index is 13.7. The van der Waals surface area contributed by atoms with E-state index in [4.69, 9.17) is 4.74 Å². The average molecular weight is 471 g/mol. The third kappa shape index (κ3) is 4.72. The Morgan fingerprint density at radius 1 is 0.879 bits per heavy atom. The van der Waals surface area contributed by atoms with Crippen molar-refractivity contribution in [3.8, 4) is 0 Å². The van der Waals surface area contributed by atoms with Gasteiger partial charge < -0.3 is 9.64 Å². The van der Waals surface area contributed by atoms with Crippen LogP contribution in [0.5, 0.6) is 0 Å². The number of piperazine rings is 1. The number of ether oxygens (including phenoxy) is 1. The standard InChI is InChI=1S/C26H34N2O4S/c1-25(2,3)21-9-11-23(12-10-21)33(30,31)28-17-15-27(16-18-28)24(29)26(13-19-32-20-14-26)22-7-5-4-6-8-22/h4-12H,13-20H2,1-3H3. The lowest BCUT2D eigenvalue weighted by Crippen LogP contribution is -2.56. The van der Waals surface area contributed by atoms with E-state index in [0.29, 0.717) is 57.1 Å². The molecule has 0 atom stereocenters. The fraction of sp³-hybridized carbons (Fsp3) is 0.500. The van der Waals surface area contributed by atoms with Crippen LogP contribution < -0.4 is 0 Å². The van der Waals surface area contributed by atoms with E-state index in [9.17, 15) is 13.2 Å². The Morgan fingerprint density at radius 3 is 2.00 bits per heavy atom. The molecule has 178 valence electrons. The van der Waals surface area contributed by atoms with Gasteiger partial charge in [0.2, 0.25) is 15.9 Å². The first-order valence-corrected chi connectivity index (χ1v) is 13.1. The van der Waals surface area contributed by atoms with Gasteiger partial charge in [0.05, 0.1) is 10.3 Å². The third-order valence-electron chi connectivity index (χ3n) is 6.97. The summed E-state index contributed by atoms with van der Waals surface area (Å²) in [7, 11) is -3.59. The Hall–Kier alpha value is -2.22. The number of amides is 1. The molecule has 2 aliphatic heterocycles. The molecule has 33 heavy (non-hydrogen) atoms.